The number of hydrogen-bond donors (Lipinski definition) is 0. The van der Waals surface area contributed by atoms with Crippen LogP contribution in [0.1, 0.15) is 37.7 Å². The Morgan fingerprint density at radius 2 is 1.80 bits per heavy atom. The van der Waals surface area contributed by atoms with Crippen molar-refractivity contribution in [3.05, 3.63) is 115 Å². The van der Waals surface area contributed by atoms with Crippen LogP contribution in [0.4, 0.5) is 5.69 Å². The number of hydrogen-bond acceptors (Lipinski definition) is 7. The molecule has 0 aliphatic heterocycles. The summed E-state index contributed by atoms with van der Waals surface area (Å²) in [6, 6.07) is 21.9. The number of nitrogens with zero attached hydrogens (tertiary/aromatic N) is 4. The fourth-order valence-corrected chi connectivity index (χ4v) is 4.91. The molecule has 1 aromatic heterocycles. The SMILES string of the molecule is COc1cc(C=Nn2c(C(C)(C)C)nc3ccc(Br)cc3c2=O)cc([N+](=O)[O-])c1OCc1cccc2ccccc12. The third-order valence-corrected chi connectivity index (χ3v) is 7.02. The van der Waals surface area contributed by atoms with Crippen LogP contribution in [0.3, 0.4) is 0 Å². The van der Waals surface area contributed by atoms with Gasteiger partial charge in [0.15, 0.2) is 5.75 Å². The lowest BCUT2D eigenvalue weighted by Gasteiger charge is -2.20. The van der Waals surface area contributed by atoms with Gasteiger partial charge in [0, 0.05) is 21.5 Å². The van der Waals surface area contributed by atoms with Gasteiger partial charge in [0.1, 0.15) is 12.4 Å². The Kier molecular flexibility index (Phi) is 7.59. The maximum absolute atomic E-state index is 13.5. The topological polar surface area (TPSA) is 109 Å². The highest BCUT2D eigenvalue weighted by Gasteiger charge is 2.24. The molecule has 10 heteroatoms. The molecule has 0 bridgehead atoms. The van der Waals surface area contributed by atoms with Gasteiger partial charge in [-0.05, 0) is 40.6 Å². The minimum Gasteiger partial charge on any atom is -0.493 e. The lowest BCUT2D eigenvalue weighted by Crippen LogP contribution is -2.29. The molecule has 0 amide bonds. The van der Waals surface area contributed by atoms with E-state index in [0.29, 0.717) is 22.3 Å². The van der Waals surface area contributed by atoms with Crippen LogP contribution in [-0.2, 0) is 12.0 Å². The van der Waals surface area contributed by atoms with E-state index in [0.717, 1.165) is 20.8 Å². The van der Waals surface area contributed by atoms with Crippen molar-refractivity contribution >= 4 is 49.5 Å². The molecule has 0 spiro atoms. The molecular formula is C31H27BrN4O5. The molecule has 0 aliphatic rings. The molecule has 0 N–H and O–H groups in total. The van der Waals surface area contributed by atoms with Crippen molar-refractivity contribution in [3.63, 3.8) is 0 Å². The number of fused-ring (bicyclic) bond motifs is 2. The Hall–Kier alpha value is -4.57. The van der Waals surface area contributed by atoms with Crippen molar-refractivity contribution in [2.45, 2.75) is 32.8 Å². The van der Waals surface area contributed by atoms with Crippen molar-refractivity contribution in [1.82, 2.24) is 9.66 Å². The molecule has 41 heavy (non-hydrogen) atoms. The minimum atomic E-state index is -0.528. The van der Waals surface area contributed by atoms with Gasteiger partial charge in [-0.2, -0.15) is 9.78 Å². The predicted octanol–water partition coefficient (Wildman–Crippen LogP) is 6.99. The number of ether oxygens (including phenoxy) is 2. The summed E-state index contributed by atoms with van der Waals surface area (Å²) < 4.78 is 13.5. The second-order valence-electron chi connectivity index (χ2n) is 10.5. The molecule has 5 rings (SSSR count). The van der Waals surface area contributed by atoms with Crippen molar-refractivity contribution in [3.8, 4) is 11.5 Å². The van der Waals surface area contributed by atoms with E-state index in [1.54, 1.807) is 18.2 Å². The second kappa shape index (κ2) is 11.1. The summed E-state index contributed by atoms with van der Waals surface area (Å²) in [7, 11) is 1.41. The smallest absolute Gasteiger partial charge is 0.315 e. The predicted molar refractivity (Wildman–Crippen MR) is 163 cm³/mol. The van der Waals surface area contributed by atoms with Crippen LogP contribution >= 0.6 is 15.9 Å². The van der Waals surface area contributed by atoms with E-state index < -0.39 is 10.3 Å². The normalized spacial score (nSPS) is 11.8. The molecule has 0 radical (unpaired) electrons. The van der Waals surface area contributed by atoms with E-state index in [1.807, 2.05) is 69.3 Å². The zero-order valence-electron chi connectivity index (χ0n) is 22.9. The van der Waals surface area contributed by atoms with Gasteiger partial charge in [-0.15, -0.1) is 0 Å². The average molecular weight is 615 g/mol. The summed E-state index contributed by atoms with van der Waals surface area (Å²) in [4.78, 5) is 29.8. The molecule has 4 aromatic carbocycles. The minimum absolute atomic E-state index is 0.00681. The molecule has 0 atom stereocenters. The molecule has 0 saturated heterocycles. The third-order valence-electron chi connectivity index (χ3n) is 6.53. The number of nitro groups is 1. The first kappa shape index (κ1) is 28.0. The molecule has 0 unspecified atom stereocenters. The maximum atomic E-state index is 13.5. The molecule has 0 saturated carbocycles. The largest absolute Gasteiger partial charge is 0.493 e. The summed E-state index contributed by atoms with van der Waals surface area (Å²) in [6.07, 6.45) is 1.38. The Morgan fingerprint density at radius 1 is 1.05 bits per heavy atom. The van der Waals surface area contributed by atoms with Crippen LogP contribution in [-0.4, -0.2) is 27.9 Å². The fourth-order valence-electron chi connectivity index (χ4n) is 4.55. The standard InChI is InChI=1S/C31H27BrN4O5/c1-31(2,3)30-34-25-13-12-22(32)16-24(25)29(37)35(30)33-17-19-14-26(36(38)39)28(27(15-19)40-4)41-18-21-10-7-9-20-8-5-6-11-23(20)21/h5-17H,18H2,1-4H3. The van der Waals surface area contributed by atoms with Gasteiger partial charge in [-0.3, -0.25) is 14.9 Å². The van der Waals surface area contributed by atoms with E-state index in [2.05, 4.69) is 21.0 Å². The summed E-state index contributed by atoms with van der Waals surface area (Å²) in [6.45, 7) is 5.90. The zero-order valence-corrected chi connectivity index (χ0v) is 24.5. The monoisotopic (exact) mass is 614 g/mol. The number of methoxy groups -OCH3 is 1. The van der Waals surface area contributed by atoms with Crippen LogP contribution < -0.4 is 15.0 Å². The lowest BCUT2D eigenvalue weighted by molar-refractivity contribution is -0.386. The number of nitro benzene ring substituents is 1. The van der Waals surface area contributed by atoms with E-state index in [-0.39, 0.29) is 29.4 Å². The molecular weight excluding hydrogens is 588 g/mol. The average Bonchev–Trinajstić information content (AvgIpc) is 2.95. The molecule has 5 aromatic rings. The lowest BCUT2D eigenvalue weighted by atomic mass is 9.95. The first-order valence-electron chi connectivity index (χ1n) is 12.8. The molecule has 208 valence electrons. The Balaban J connectivity index is 1.56. The fraction of sp³-hybridized carbons (Fsp3) is 0.194. The maximum Gasteiger partial charge on any atom is 0.315 e. The Morgan fingerprint density at radius 3 is 2.54 bits per heavy atom. The van der Waals surface area contributed by atoms with Gasteiger partial charge in [-0.25, -0.2) is 4.98 Å². The van der Waals surface area contributed by atoms with E-state index >= 15 is 0 Å². The van der Waals surface area contributed by atoms with Gasteiger partial charge >= 0.3 is 5.69 Å². The van der Waals surface area contributed by atoms with Crippen LogP contribution in [0, 0.1) is 10.1 Å². The summed E-state index contributed by atoms with van der Waals surface area (Å²) in [5.74, 6) is 0.627. The number of benzene rings is 4. The molecule has 0 fully saturated rings. The van der Waals surface area contributed by atoms with Crippen LogP contribution in [0.5, 0.6) is 11.5 Å². The van der Waals surface area contributed by atoms with E-state index in [9.17, 15) is 14.9 Å². The molecule has 9 nitrogen and oxygen atoms in total. The Bertz CT molecular complexity index is 1890. The highest BCUT2D eigenvalue weighted by Crippen LogP contribution is 2.39. The van der Waals surface area contributed by atoms with Crippen LogP contribution in [0.2, 0.25) is 0 Å². The summed E-state index contributed by atoms with van der Waals surface area (Å²) in [5, 5.41) is 19.0. The Labute approximate surface area is 244 Å². The van der Waals surface area contributed by atoms with Crippen molar-refractivity contribution < 1.29 is 14.4 Å². The zero-order chi connectivity index (χ0) is 29.3. The number of aromatic nitrogens is 2. The van der Waals surface area contributed by atoms with Gasteiger partial charge in [0.05, 0.1) is 29.2 Å². The van der Waals surface area contributed by atoms with Gasteiger partial charge in [0.25, 0.3) is 5.56 Å². The van der Waals surface area contributed by atoms with Crippen LogP contribution in [0.25, 0.3) is 21.7 Å². The van der Waals surface area contributed by atoms with E-state index in [1.165, 1.54) is 24.1 Å². The number of halogens is 1. The van der Waals surface area contributed by atoms with Gasteiger partial charge < -0.3 is 9.47 Å². The quantitative estimate of drug-likeness (QED) is 0.111. The van der Waals surface area contributed by atoms with E-state index in [4.69, 9.17) is 14.5 Å². The van der Waals surface area contributed by atoms with Gasteiger partial charge in [-0.1, -0.05) is 79.2 Å². The number of rotatable bonds is 7. The van der Waals surface area contributed by atoms with Crippen LogP contribution in [0.15, 0.2) is 87.2 Å². The van der Waals surface area contributed by atoms with Crippen molar-refractivity contribution in [2.24, 2.45) is 5.10 Å². The third kappa shape index (κ3) is 5.69. The van der Waals surface area contributed by atoms with Crippen molar-refractivity contribution in [2.75, 3.05) is 7.11 Å². The van der Waals surface area contributed by atoms with Gasteiger partial charge in [0.2, 0.25) is 5.75 Å². The first-order valence-corrected chi connectivity index (χ1v) is 13.6. The first-order chi connectivity index (χ1) is 19.6. The summed E-state index contributed by atoms with van der Waals surface area (Å²) >= 11 is 3.40. The molecule has 1 heterocycles. The van der Waals surface area contributed by atoms with Crippen molar-refractivity contribution in [1.29, 1.82) is 0 Å². The highest BCUT2D eigenvalue weighted by atomic mass is 79.9. The molecule has 0 aliphatic carbocycles. The highest BCUT2D eigenvalue weighted by molar-refractivity contribution is 9.10. The summed E-state index contributed by atoms with van der Waals surface area (Å²) in [5.41, 5.74) is 0.645. The second-order valence-corrected chi connectivity index (χ2v) is 11.4.